The van der Waals surface area contributed by atoms with Crippen molar-refractivity contribution in [3.63, 3.8) is 0 Å². The molecule has 0 atom stereocenters. The molecule has 3 rings (SSSR count). The second-order valence-electron chi connectivity index (χ2n) is 3.69. The van der Waals surface area contributed by atoms with Gasteiger partial charge in [-0.05, 0) is 6.07 Å². The van der Waals surface area contributed by atoms with E-state index in [1.807, 2.05) is 24.3 Å². The lowest BCUT2D eigenvalue weighted by Crippen LogP contribution is -2.39. The number of likely N-dealkylation sites (N-methyl/N-ethyl adjacent to an activating group) is 1. The molecule has 1 fully saturated rings. The van der Waals surface area contributed by atoms with E-state index in [1.54, 1.807) is 11.9 Å². The van der Waals surface area contributed by atoms with Crippen molar-refractivity contribution in [1.82, 2.24) is 0 Å². The largest absolute Gasteiger partial charge is 0.336 e. The fraction of sp³-hybridized carbons (Fsp3) is 0.364. The Labute approximate surface area is 87.4 Å². The number of hydrogen-bond acceptors (Lipinski definition) is 3. The Bertz CT molecular complexity index is 424. The Morgan fingerprint density at radius 1 is 1.27 bits per heavy atom. The summed E-state index contributed by atoms with van der Waals surface area (Å²) < 4.78 is 11.0. The minimum absolute atomic E-state index is 0.138. The summed E-state index contributed by atoms with van der Waals surface area (Å²) in [6.07, 6.45) is 0. The van der Waals surface area contributed by atoms with Gasteiger partial charge in [0.1, 0.15) is 0 Å². The molecule has 0 unspecified atom stereocenters. The van der Waals surface area contributed by atoms with Crippen molar-refractivity contribution in [2.45, 2.75) is 5.79 Å². The summed E-state index contributed by atoms with van der Waals surface area (Å²) in [4.78, 5) is 13.6. The highest BCUT2D eigenvalue weighted by molar-refractivity contribution is 6.05. The van der Waals surface area contributed by atoms with Crippen molar-refractivity contribution in [3.05, 3.63) is 29.8 Å². The first-order valence-electron chi connectivity index (χ1n) is 4.91. The van der Waals surface area contributed by atoms with Gasteiger partial charge >= 0.3 is 0 Å². The summed E-state index contributed by atoms with van der Waals surface area (Å²) in [6, 6.07) is 7.56. The van der Waals surface area contributed by atoms with E-state index in [0.29, 0.717) is 13.2 Å². The minimum atomic E-state index is -1.16. The predicted molar refractivity (Wildman–Crippen MR) is 53.4 cm³/mol. The summed E-state index contributed by atoms with van der Waals surface area (Å²) in [7, 11) is 1.74. The Morgan fingerprint density at radius 2 is 1.93 bits per heavy atom. The average Bonchev–Trinajstić information content (AvgIpc) is 2.83. The molecular formula is C11H11NO3. The molecule has 0 aromatic heterocycles. The van der Waals surface area contributed by atoms with Crippen LogP contribution in [0.25, 0.3) is 0 Å². The fourth-order valence-electron chi connectivity index (χ4n) is 2.18. The van der Waals surface area contributed by atoms with Crippen LogP contribution in [0.2, 0.25) is 0 Å². The van der Waals surface area contributed by atoms with Gasteiger partial charge in [-0.15, -0.1) is 0 Å². The van der Waals surface area contributed by atoms with Crippen molar-refractivity contribution in [3.8, 4) is 0 Å². The Balaban J connectivity index is 2.22. The van der Waals surface area contributed by atoms with Gasteiger partial charge in [0.25, 0.3) is 11.7 Å². The van der Waals surface area contributed by atoms with Crippen LogP contribution in [-0.4, -0.2) is 26.2 Å². The van der Waals surface area contributed by atoms with E-state index >= 15 is 0 Å². The summed E-state index contributed by atoms with van der Waals surface area (Å²) in [5, 5.41) is 0. The first-order chi connectivity index (χ1) is 7.26. The molecule has 0 bridgehead atoms. The first-order valence-corrected chi connectivity index (χ1v) is 4.91. The van der Waals surface area contributed by atoms with E-state index in [9.17, 15) is 4.79 Å². The van der Waals surface area contributed by atoms with Crippen LogP contribution in [0.5, 0.6) is 0 Å². The third-order valence-corrected chi connectivity index (χ3v) is 2.90. The second kappa shape index (κ2) is 2.81. The van der Waals surface area contributed by atoms with Crippen LogP contribution in [-0.2, 0) is 20.1 Å². The molecule has 78 valence electrons. The molecule has 0 radical (unpaired) electrons. The van der Waals surface area contributed by atoms with Crippen LogP contribution in [0.4, 0.5) is 5.69 Å². The number of amides is 1. The van der Waals surface area contributed by atoms with E-state index in [-0.39, 0.29) is 5.91 Å². The van der Waals surface area contributed by atoms with Gasteiger partial charge in [0.05, 0.1) is 18.9 Å². The summed E-state index contributed by atoms with van der Waals surface area (Å²) in [5.74, 6) is -1.30. The lowest BCUT2D eigenvalue weighted by Gasteiger charge is -2.19. The summed E-state index contributed by atoms with van der Waals surface area (Å²) in [5.41, 5.74) is 1.68. The molecule has 1 aromatic carbocycles. The molecule has 2 aliphatic rings. The van der Waals surface area contributed by atoms with Crippen LogP contribution in [0.15, 0.2) is 24.3 Å². The predicted octanol–water partition coefficient (Wildman–Crippen LogP) is 0.863. The first kappa shape index (κ1) is 8.88. The monoisotopic (exact) mass is 205 g/mol. The van der Waals surface area contributed by atoms with Crippen LogP contribution in [0.1, 0.15) is 5.56 Å². The van der Waals surface area contributed by atoms with Gasteiger partial charge in [-0.1, -0.05) is 18.2 Å². The third-order valence-electron chi connectivity index (χ3n) is 2.90. The molecule has 0 aliphatic carbocycles. The normalized spacial score (nSPS) is 22.5. The third kappa shape index (κ3) is 0.952. The molecule has 0 saturated carbocycles. The summed E-state index contributed by atoms with van der Waals surface area (Å²) in [6.45, 7) is 0.932. The van der Waals surface area contributed by atoms with Gasteiger partial charge in [0.2, 0.25) is 0 Å². The van der Waals surface area contributed by atoms with Gasteiger partial charge in [-0.3, -0.25) is 4.79 Å². The van der Waals surface area contributed by atoms with Crippen molar-refractivity contribution in [2.75, 3.05) is 25.2 Å². The van der Waals surface area contributed by atoms with Gasteiger partial charge in [-0.25, -0.2) is 0 Å². The lowest BCUT2D eigenvalue weighted by atomic mass is 10.1. The maximum Gasteiger partial charge on any atom is 0.292 e. The number of nitrogens with zero attached hydrogens (tertiary/aromatic N) is 1. The zero-order chi connectivity index (χ0) is 10.5. The zero-order valence-corrected chi connectivity index (χ0v) is 8.40. The van der Waals surface area contributed by atoms with E-state index in [0.717, 1.165) is 11.3 Å². The summed E-state index contributed by atoms with van der Waals surface area (Å²) >= 11 is 0. The maximum atomic E-state index is 12.1. The number of fused-ring (bicyclic) bond motifs is 2. The van der Waals surface area contributed by atoms with E-state index in [1.165, 1.54) is 0 Å². The Kier molecular flexibility index (Phi) is 1.66. The Morgan fingerprint density at radius 3 is 2.67 bits per heavy atom. The molecule has 2 heterocycles. The molecule has 4 nitrogen and oxygen atoms in total. The fourth-order valence-corrected chi connectivity index (χ4v) is 2.18. The second-order valence-corrected chi connectivity index (χ2v) is 3.69. The molecule has 1 aromatic rings. The number of para-hydroxylation sites is 1. The highest BCUT2D eigenvalue weighted by atomic mass is 16.7. The number of carbonyl (C=O) groups is 1. The van der Waals surface area contributed by atoms with E-state index in [2.05, 4.69) is 0 Å². The molecule has 4 heteroatoms. The molecule has 1 saturated heterocycles. The number of rotatable bonds is 0. The standard InChI is InChI=1S/C11H11NO3/c1-12-9-5-3-2-4-8(9)11(10(12)13)14-6-7-15-11/h2-5H,6-7H2,1H3. The topological polar surface area (TPSA) is 38.8 Å². The van der Waals surface area contributed by atoms with Crippen molar-refractivity contribution in [1.29, 1.82) is 0 Å². The van der Waals surface area contributed by atoms with Gasteiger partial charge in [-0.2, -0.15) is 0 Å². The smallest absolute Gasteiger partial charge is 0.292 e. The van der Waals surface area contributed by atoms with Crippen molar-refractivity contribution >= 4 is 11.6 Å². The van der Waals surface area contributed by atoms with Gasteiger partial charge in [0, 0.05) is 12.6 Å². The molecule has 15 heavy (non-hydrogen) atoms. The molecule has 1 amide bonds. The number of ether oxygens (including phenoxy) is 2. The number of hydrogen-bond donors (Lipinski definition) is 0. The van der Waals surface area contributed by atoms with E-state index in [4.69, 9.17) is 9.47 Å². The van der Waals surface area contributed by atoms with Gasteiger partial charge < -0.3 is 14.4 Å². The average molecular weight is 205 g/mol. The minimum Gasteiger partial charge on any atom is -0.336 e. The molecule has 0 N–H and O–H groups in total. The number of carbonyl (C=O) groups excluding carboxylic acids is 1. The van der Waals surface area contributed by atoms with Crippen molar-refractivity contribution in [2.24, 2.45) is 0 Å². The highest BCUT2D eigenvalue weighted by Crippen LogP contribution is 2.44. The molecule has 2 aliphatic heterocycles. The van der Waals surface area contributed by atoms with Crippen molar-refractivity contribution < 1.29 is 14.3 Å². The SMILES string of the molecule is CN1C(=O)C2(OCCO2)c2ccccc21. The zero-order valence-electron chi connectivity index (χ0n) is 8.40. The van der Waals surface area contributed by atoms with Crippen LogP contribution in [0, 0.1) is 0 Å². The van der Waals surface area contributed by atoms with E-state index < -0.39 is 5.79 Å². The van der Waals surface area contributed by atoms with Crippen LogP contribution in [0.3, 0.4) is 0 Å². The van der Waals surface area contributed by atoms with Crippen LogP contribution >= 0.6 is 0 Å². The quantitative estimate of drug-likeness (QED) is 0.630. The lowest BCUT2D eigenvalue weighted by molar-refractivity contribution is -0.180. The van der Waals surface area contributed by atoms with Gasteiger partial charge in [0.15, 0.2) is 0 Å². The van der Waals surface area contributed by atoms with Crippen LogP contribution < -0.4 is 4.90 Å². The molecular weight excluding hydrogens is 194 g/mol. The number of anilines is 1. The molecule has 1 spiro atoms. The number of benzene rings is 1. The maximum absolute atomic E-state index is 12.1. The highest BCUT2D eigenvalue weighted by Gasteiger charge is 2.54. The Hall–Kier alpha value is -1.39.